The molecule has 3 aromatic carbocycles. The lowest BCUT2D eigenvalue weighted by Gasteiger charge is -2.19. The monoisotopic (exact) mass is 590 g/mol. The first-order valence-corrected chi connectivity index (χ1v) is 14.4. The lowest BCUT2D eigenvalue weighted by Crippen LogP contribution is -2.35. The van der Waals surface area contributed by atoms with Crippen molar-refractivity contribution >= 4 is 27.6 Å². The summed E-state index contributed by atoms with van der Waals surface area (Å²) < 4.78 is 60.0. The number of carboxylic acid groups (broad SMARTS) is 1. The molecule has 0 spiro atoms. The molecule has 1 saturated carbocycles. The van der Waals surface area contributed by atoms with Gasteiger partial charge in [-0.15, -0.1) is 0 Å². The Kier molecular flexibility index (Phi) is 9.53. The fraction of sp³-hybridized carbons (Fsp3) is 0.333. The molecule has 4 rings (SSSR count). The number of sulfonamides is 1. The molecule has 0 bridgehead atoms. The number of hydrogen-bond acceptors (Lipinski definition) is 4. The van der Waals surface area contributed by atoms with Crippen molar-refractivity contribution in [1.82, 2.24) is 5.32 Å². The van der Waals surface area contributed by atoms with Gasteiger partial charge in [0.1, 0.15) is 0 Å². The van der Waals surface area contributed by atoms with Crippen LogP contribution in [-0.4, -0.2) is 38.1 Å². The lowest BCUT2D eigenvalue weighted by atomic mass is 9.87. The number of rotatable bonds is 8. The van der Waals surface area contributed by atoms with Gasteiger partial charge in [-0.3, -0.25) is 9.52 Å². The van der Waals surface area contributed by atoms with Crippen molar-refractivity contribution < 1.29 is 36.3 Å². The quantitative estimate of drug-likeness (QED) is 0.307. The van der Waals surface area contributed by atoms with Crippen molar-refractivity contribution in [2.75, 3.05) is 11.3 Å². The van der Waals surface area contributed by atoms with E-state index < -0.39 is 27.6 Å². The molecule has 0 atom stereocenters. The van der Waals surface area contributed by atoms with Gasteiger partial charge in [-0.1, -0.05) is 75.4 Å². The molecular formula is C30H33F3N2O5S. The van der Waals surface area contributed by atoms with Gasteiger partial charge in [0.25, 0.3) is 10.0 Å². The molecule has 7 nitrogen and oxygen atoms in total. The van der Waals surface area contributed by atoms with Crippen molar-refractivity contribution in [3.63, 3.8) is 0 Å². The van der Waals surface area contributed by atoms with Gasteiger partial charge >= 0.3 is 12.1 Å². The van der Waals surface area contributed by atoms with Crippen LogP contribution in [0.15, 0.2) is 83.8 Å². The van der Waals surface area contributed by atoms with E-state index >= 15 is 0 Å². The van der Waals surface area contributed by atoms with Crippen LogP contribution >= 0.6 is 0 Å². The van der Waals surface area contributed by atoms with Crippen LogP contribution in [0.25, 0.3) is 0 Å². The van der Waals surface area contributed by atoms with E-state index in [-0.39, 0.29) is 16.2 Å². The normalized spacial score (nSPS) is 14.3. The van der Waals surface area contributed by atoms with E-state index in [1.165, 1.54) is 5.56 Å². The molecule has 0 heterocycles. The molecule has 0 unspecified atom stereocenters. The first-order valence-electron chi connectivity index (χ1n) is 12.9. The Balaban J connectivity index is 0.000000587. The Bertz CT molecular complexity index is 1450. The number of carbonyl (C=O) groups is 2. The van der Waals surface area contributed by atoms with Gasteiger partial charge in [-0.05, 0) is 65.6 Å². The molecule has 1 amide bonds. The minimum atomic E-state index is -5.08. The minimum absolute atomic E-state index is 0.0377. The summed E-state index contributed by atoms with van der Waals surface area (Å²) in [6.07, 6.45) is -2.69. The fourth-order valence-electron chi connectivity index (χ4n) is 4.11. The fourth-order valence-corrected chi connectivity index (χ4v) is 5.17. The highest BCUT2D eigenvalue weighted by molar-refractivity contribution is 7.92. The third kappa shape index (κ3) is 8.56. The van der Waals surface area contributed by atoms with Crippen LogP contribution in [0.5, 0.6) is 0 Å². The van der Waals surface area contributed by atoms with E-state index in [4.69, 9.17) is 9.90 Å². The van der Waals surface area contributed by atoms with E-state index in [9.17, 15) is 26.4 Å². The molecule has 0 radical (unpaired) electrons. The first kappa shape index (κ1) is 31.7. The zero-order valence-electron chi connectivity index (χ0n) is 23.0. The average Bonchev–Trinajstić information content (AvgIpc) is 3.71. The maximum absolute atomic E-state index is 12.9. The Hall–Kier alpha value is -3.86. The first-order chi connectivity index (χ1) is 19.0. The van der Waals surface area contributed by atoms with Gasteiger partial charge in [0, 0.05) is 12.2 Å². The van der Waals surface area contributed by atoms with Gasteiger partial charge in [-0.25, -0.2) is 13.2 Å². The summed E-state index contributed by atoms with van der Waals surface area (Å²) in [6.45, 7) is 6.86. The van der Waals surface area contributed by atoms with Crippen molar-refractivity contribution in [2.24, 2.45) is 0 Å². The molecule has 220 valence electrons. The highest BCUT2D eigenvalue weighted by atomic mass is 32.2. The van der Waals surface area contributed by atoms with Crippen LogP contribution in [-0.2, 0) is 36.9 Å². The molecule has 1 aliphatic carbocycles. The molecular weight excluding hydrogens is 557 g/mol. The molecule has 0 saturated heterocycles. The third-order valence-electron chi connectivity index (χ3n) is 6.69. The van der Waals surface area contributed by atoms with E-state index in [0.717, 1.165) is 30.4 Å². The smallest absolute Gasteiger partial charge is 0.475 e. The number of nitrogens with one attached hydrogen (secondary N) is 2. The lowest BCUT2D eigenvalue weighted by molar-refractivity contribution is -0.192. The number of benzene rings is 3. The van der Waals surface area contributed by atoms with E-state index in [1.807, 2.05) is 42.5 Å². The van der Waals surface area contributed by atoms with Crippen molar-refractivity contribution in [1.29, 1.82) is 0 Å². The standard InChI is InChI=1S/C28H32N2O3S.C2HF3O2/c1-27(2,3)22-11-15-25(16-12-22)34(32,33)30-24-13-9-23(10-14-24)28(18-19-28)26(31)29-20-17-21-7-5-4-6-8-21;3-2(4,5)1(6)7/h4-16,30H,17-20H2,1-3H3,(H,29,31);(H,6,7). The SMILES string of the molecule is CC(C)(C)c1ccc(S(=O)(=O)Nc2ccc(C3(C(=O)NCCc4ccccc4)CC3)cc2)cc1.O=C(O)C(F)(F)F. The molecule has 0 aromatic heterocycles. The number of carbonyl (C=O) groups excluding carboxylic acids is 1. The summed E-state index contributed by atoms with van der Waals surface area (Å²) in [4.78, 5) is 22.0. The van der Waals surface area contributed by atoms with Crippen LogP contribution < -0.4 is 10.0 Å². The Morgan fingerprint density at radius 3 is 1.88 bits per heavy atom. The number of alkyl halides is 3. The predicted octanol–water partition coefficient (Wildman–Crippen LogP) is 5.81. The molecule has 11 heteroatoms. The number of hydrogen-bond donors (Lipinski definition) is 3. The maximum atomic E-state index is 12.9. The Morgan fingerprint density at radius 2 is 1.41 bits per heavy atom. The zero-order valence-corrected chi connectivity index (χ0v) is 23.8. The van der Waals surface area contributed by atoms with Crippen molar-refractivity contribution in [3.05, 3.63) is 95.6 Å². The second-order valence-corrected chi connectivity index (χ2v) is 12.5. The average molecular weight is 591 g/mol. The third-order valence-corrected chi connectivity index (χ3v) is 8.09. The highest BCUT2D eigenvalue weighted by Gasteiger charge is 2.51. The van der Waals surface area contributed by atoms with E-state index in [1.54, 1.807) is 24.3 Å². The van der Waals surface area contributed by atoms with Gasteiger partial charge < -0.3 is 10.4 Å². The molecule has 0 aliphatic heterocycles. The molecule has 1 fully saturated rings. The predicted molar refractivity (Wildman–Crippen MR) is 150 cm³/mol. The van der Waals surface area contributed by atoms with Crippen molar-refractivity contribution in [2.45, 2.75) is 61.9 Å². The number of halogens is 3. The van der Waals surface area contributed by atoms with Crippen LogP contribution in [0.1, 0.15) is 50.3 Å². The Morgan fingerprint density at radius 1 is 0.878 bits per heavy atom. The van der Waals surface area contributed by atoms with Crippen LogP contribution in [0.2, 0.25) is 0 Å². The van der Waals surface area contributed by atoms with Crippen LogP contribution in [0.4, 0.5) is 18.9 Å². The maximum Gasteiger partial charge on any atom is 0.490 e. The summed E-state index contributed by atoms with van der Waals surface area (Å²) in [7, 11) is -3.69. The summed E-state index contributed by atoms with van der Waals surface area (Å²) in [6, 6.07) is 24.2. The van der Waals surface area contributed by atoms with Crippen LogP contribution in [0, 0.1) is 0 Å². The number of carboxylic acids is 1. The summed E-state index contributed by atoms with van der Waals surface area (Å²) in [5, 5.41) is 10.2. The molecule has 1 aliphatic rings. The summed E-state index contributed by atoms with van der Waals surface area (Å²) >= 11 is 0. The summed E-state index contributed by atoms with van der Waals surface area (Å²) in [5.41, 5.74) is 3.12. The molecule has 41 heavy (non-hydrogen) atoms. The number of amides is 1. The zero-order chi connectivity index (χ0) is 30.5. The number of anilines is 1. The Labute approximate surface area is 237 Å². The van der Waals surface area contributed by atoms with Gasteiger partial charge in [0.2, 0.25) is 5.91 Å². The second kappa shape index (κ2) is 12.3. The van der Waals surface area contributed by atoms with Gasteiger partial charge in [0.15, 0.2) is 0 Å². The van der Waals surface area contributed by atoms with Crippen LogP contribution in [0.3, 0.4) is 0 Å². The van der Waals surface area contributed by atoms with Gasteiger partial charge in [0.05, 0.1) is 10.3 Å². The summed E-state index contributed by atoms with van der Waals surface area (Å²) in [5.74, 6) is -2.72. The largest absolute Gasteiger partial charge is 0.490 e. The molecule has 3 aromatic rings. The second-order valence-electron chi connectivity index (χ2n) is 10.8. The van der Waals surface area contributed by atoms with E-state index in [0.29, 0.717) is 12.2 Å². The highest BCUT2D eigenvalue weighted by Crippen LogP contribution is 2.48. The molecule has 3 N–H and O–H groups in total. The topological polar surface area (TPSA) is 113 Å². The number of aliphatic carboxylic acids is 1. The minimum Gasteiger partial charge on any atom is -0.475 e. The van der Waals surface area contributed by atoms with E-state index in [2.05, 4.69) is 42.9 Å². The van der Waals surface area contributed by atoms with Gasteiger partial charge in [-0.2, -0.15) is 13.2 Å². The van der Waals surface area contributed by atoms with Crippen molar-refractivity contribution in [3.8, 4) is 0 Å².